The van der Waals surface area contributed by atoms with Gasteiger partial charge in [0.25, 0.3) is 0 Å². The van der Waals surface area contributed by atoms with Crippen LogP contribution in [-0.2, 0) is 15.6 Å². The first-order valence-corrected chi connectivity index (χ1v) is 8.29. The first-order chi connectivity index (χ1) is 8.48. The molecule has 0 saturated heterocycles. The number of sulfone groups is 1. The smallest absolute Gasteiger partial charge is 0.156 e. The van der Waals surface area contributed by atoms with Crippen molar-refractivity contribution in [2.75, 3.05) is 12.8 Å². The summed E-state index contributed by atoms with van der Waals surface area (Å²) in [5.41, 5.74) is 0.672. The normalized spacial score (nSPS) is 13.5. The lowest BCUT2D eigenvalue weighted by molar-refractivity contribution is 0.536. The highest BCUT2D eigenvalue weighted by molar-refractivity contribution is 7.90. The molecule has 1 N–H and O–H groups in total. The van der Waals surface area contributed by atoms with Crippen LogP contribution in [0.15, 0.2) is 24.3 Å². The highest BCUT2D eigenvalue weighted by Crippen LogP contribution is 2.18. The van der Waals surface area contributed by atoms with Gasteiger partial charge in [0.15, 0.2) is 9.84 Å². The van der Waals surface area contributed by atoms with Crippen LogP contribution < -0.4 is 5.32 Å². The number of halogens is 1. The van der Waals surface area contributed by atoms with E-state index >= 15 is 0 Å². The summed E-state index contributed by atoms with van der Waals surface area (Å²) in [4.78, 5) is 0. The molecular formula is C13H20ClNO2S. The number of nitrogens with one attached hydrogen (secondary N) is 1. The molecule has 0 radical (unpaired) electrons. The van der Waals surface area contributed by atoms with Crippen molar-refractivity contribution in [1.29, 1.82) is 0 Å². The highest BCUT2D eigenvalue weighted by atomic mass is 35.5. The molecule has 1 atom stereocenters. The molecule has 1 aromatic carbocycles. The fourth-order valence-corrected chi connectivity index (χ4v) is 3.95. The van der Waals surface area contributed by atoms with Crippen molar-refractivity contribution >= 4 is 21.4 Å². The van der Waals surface area contributed by atoms with Crippen LogP contribution in [-0.4, -0.2) is 27.3 Å². The third-order valence-electron chi connectivity index (χ3n) is 2.83. The van der Waals surface area contributed by atoms with Crippen molar-refractivity contribution in [3.8, 4) is 0 Å². The van der Waals surface area contributed by atoms with E-state index in [1.807, 2.05) is 6.92 Å². The van der Waals surface area contributed by atoms with E-state index in [1.54, 1.807) is 31.3 Å². The van der Waals surface area contributed by atoms with E-state index in [1.165, 1.54) is 0 Å². The van der Waals surface area contributed by atoms with E-state index < -0.39 is 9.84 Å². The second-order valence-electron chi connectivity index (χ2n) is 4.42. The van der Waals surface area contributed by atoms with Gasteiger partial charge < -0.3 is 5.32 Å². The molecule has 0 aliphatic carbocycles. The second-order valence-corrected chi connectivity index (χ2v) is 6.94. The number of benzene rings is 1. The van der Waals surface area contributed by atoms with Gasteiger partial charge in [-0.3, -0.25) is 0 Å². The van der Waals surface area contributed by atoms with E-state index in [0.29, 0.717) is 10.6 Å². The zero-order chi connectivity index (χ0) is 13.6. The maximum absolute atomic E-state index is 12.1. The fourth-order valence-electron chi connectivity index (χ4n) is 1.88. The average molecular weight is 290 g/mol. The van der Waals surface area contributed by atoms with Crippen LogP contribution in [0, 0.1) is 0 Å². The van der Waals surface area contributed by atoms with Gasteiger partial charge in [0, 0.05) is 11.1 Å². The van der Waals surface area contributed by atoms with Crippen molar-refractivity contribution in [1.82, 2.24) is 5.32 Å². The topological polar surface area (TPSA) is 46.2 Å². The van der Waals surface area contributed by atoms with E-state index in [2.05, 4.69) is 5.32 Å². The van der Waals surface area contributed by atoms with E-state index in [9.17, 15) is 8.42 Å². The predicted molar refractivity (Wildman–Crippen MR) is 76.7 cm³/mol. The summed E-state index contributed by atoms with van der Waals surface area (Å²) in [6.07, 6.45) is 1.82. The monoisotopic (exact) mass is 289 g/mol. The van der Waals surface area contributed by atoms with Crippen molar-refractivity contribution in [2.45, 2.75) is 31.6 Å². The van der Waals surface area contributed by atoms with Crippen molar-refractivity contribution in [3.63, 3.8) is 0 Å². The average Bonchev–Trinajstić information content (AvgIpc) is 2.31. The SMILES string of the molecule is CCCC(CS(=O)(=O)Cc1ccccc1Cl)NC. The van der Waals surface area contributed by atoms with E-state index in [-0.39, 0.29) is 17.5 Å². The Hall–Kier alpha value is -0.580. The number of hydrogen-bond acceptors (Lipinski definition) is 3. The van der Waals surface area contributed by atoms with Gasteiger partial charge in [-0.1, -0.05) is 43.1 Å². The molecule has 1 unspecified atom stereocenters. The molecule has 0 aliphatic heterocycles. The zero-order valence-electron chi connectivity index (χ0n) is 10.8. The van der Waals surface area contributed by atoms with Crippen LogP contribution in [0.5, 0.6) is 0 Å². The van der Waals surface area contributed by atoms with Crippen molar-refractivity contribution in [2.24, 2.45) is 0 Å². The van der Waals surface area contributed by atoms with Gasteiger partial charge in [0.2, 0.25) is 0 Å². The Labute approximate surface area is 114 Å². The summed E-state index contributed by atoms with van der Waals surface area (Å²) in [5, 5.41) is 3.56. The highest BCUT2D eigenvalue weighted by Gasteiger charge is 2.19. The van der Waals surface area contributed by atoms with Gasteiger partial charge in [-0.2, -0.15) is 0 Å². The second kappa shape index (κ2) is 7.12. The van der Waals surface area contributed by atoms with Crippen molar-refractivity contribution in [3.05, 3.63) is 34.9 Å². The Bertz CT molecular complexity index is 474. The van der Waals surface area contributed by atoms with E-state index in [0.717, 1.165) is 12.8 Å². The minimum Gasteiger partial charge on any atom is -0.316 e. The Morgan fingerprint density at radius 3 is 2.56 bits per heavy atom. The Kier molecular flexibility index (Phi) is 6.12. The van der Waals surface area contributed by atoms with Crippen LogP contribution in [0.4, 0.5) is 0 Å². The lowest BCUT2D eigenvalue weighted by Crippen LogP contribution is -2.33. The molecule has 3 nitrogen and oxygen atoms in total. The molecule has 0 saturated carbocycles. The third kappa shape index (κ3) is 4.96. The molecule has 102 valence electrons. The summed E-state index contributed by atoms with van der Waals surface area (Å²) < 4.78 is 24.2. The Morgan fingerprint density at radius 2 is 2.00 bits per heavy atom. The molecule has 1 aromatic rings. The maximum Gasteiger partial charge on any atom is 0.156 e. The molecule has 1 rings (SSSR count). The lowest BCUT2D eigenvalue weighted by atomic mass is 10.2. The maximum atomic E-state index is 12.1. The van der Waals surface area contributed by atoms with Gasteiger partial charge in [0.05, 0.1) is 11.5 Å². The minimum atomic E-state index is -3.14. The molecule has 0 aromatic heterocycles. The molecule has 0 fully saturated rings. The van der Waals surface area contributed by atoms with Crippen LogP contribution in [0.25, 0.3) is 0 Å². The third-order valence-corrected chi connectivity index (χ3v) is 4.86. The Morgan fingerprint density at radius 1 is 1.33 bits per heavy atom. The molecule has 0 aliphatic rings. The summed E-state index contributed by atoms with van der Waals surface area (Å²) in [6, 6.07) is 7.09. The quantitative estimate of drug-likeness (QED) is 0.839. The molecule has 5 heteroatoms. The molecular weight excluding hydrogens is 270 g/mol. The molecule has 18 heavy (non-hydrogen) atoms. The number of hydrogen-bond donors (Lipinski definition) is 1. The van der Waals surface area contributed by atoms with Gasteiger partial charge in [0.1, 0.15) is 0 Å². The molecule has 0 spiro atoms. The van der Waals surface area contributed by atoms with Crippen LogP contribution in [0.1, 0.15) is 25.3 Å². The van der Waals surface area contributed by atoms with Crippen molar-refractivity contribution < 1.29 is 8.42 Å². The first kappa shape index (κ1) is 15.5. The predicted octanol–water partition coefficient (Wildman–Crippen LogP) is 2.64. The largest absolute Gasteiger partial charge is 0.316 e. The van der Waals surface area contributed by atoms with Gasteiger partial charge in [-0.05, 0) is 25.1 Å². The molecule has 0 heterocycles. The minimum absolute atomic E-state index is 0.00850. The zero-order valence-corrected chi connectivity index (χ0v) is 12.4. The Balaban J connectivity index is 2.73. The summed E-state index contributed by atoms with van der Waals surface area (Å²) in [7, 11) is -1.34. The molecule has 0 amide bonds. The van der Waals surface area contributed by atoms with Gasteiger partial charge >= 0.3 is 0 Å². The van der Waals surface area contributed by atoms with Crippen LogP contribution >= 0.6 is 11.6 Å². The van der Waals surface area contributed by atoms with Crippen LogP contribution in [0.3, 0.4) is 0 Å². The van der Waals surface area contributed by atoms with E-state index in [4.69, 9.17) is 11.6 Å². The van der Waals surface area contributed by atoms with Gasteiger partial charge in [-0.25, -0.2) is 8.42 Å². The first-order valence-electron chi connectivity index (χ1n) is 6.09. The standard InChI is InChI=1S/C13H20ClNO2S/c1-3-6-12(15-2)10-18(16,17)9-11-7-4-5-8-13(11)14/h4-5,7-8,12,15H,3,6,9-10H2,1-2H3. The van der Waals surface area contributed by atoms with Crippen LogP contribution in [0.2, 0.25) is 5.02 Å². The lowest BCUT2D eigenvalue weighted by Gasteiger charge is -2.15. The fraction of sp³-hybridized carbons (Fsp3) is 0.538. The summed E-state index contributed by atoms with van der Waals surface area (Å²) in [5.74, 6) is 0.164. The molecule has 0 bridgehead atoms. The summed E-state index contributed by atoms with van der Waals surface area (Å²) in [6.45, 7) is 2.05. The number of rotatable bonds is 7. The van der Waals surface area contributed by atoms with Gasteiger partial charge in [-0.15, -0.1) is 0 Å². The summed E-state index contributed by atoms with van der Waals surface area (Å²) >= 11 is 5.98.